The predicted octanol–water partition coefficient (Wildman–Crippen LogP) is 3.25. The molecular formula is C16H16N2O2S. The molecule has 2 N–H and O–H groups in total. The average Bonchev–Trinajstić information content (AvgIpc) is 2.50. The minimum absolute atomic E-state index is 0.448. The van der Waals surface area contributed by atoms with E-state index in [1.54, 1.807) is 7.05 Å². The quantitative estimate of drug-likeness (QED) is 0.396. The summed E-state index contributed by atoms with van der Waals surface area (Å²) in [6, 6.07) is 14.4. The molecule has 0 heterocycles. The zero-order chi connectivity index (χ0) is 15.2. The number of thioether (sulfide) groups is 1. The van der Waals surface area contributed by atoms with Crippen molar-refractivity contribution >= 4 is 33.6 Å². The fourth-order valence-corrected chi connectivity index (χ4v) is 2.58. The van der Waals surface area contributed by atoms with Crippen LogP contribution < -0.4 is 5.32 Å². The number of rotatable bonds is 3. The van der Waals surface area contributed by atoms with Crippen molar-refractivity contribution in [1.29, 1.82) is 0 Å². The van der Waals surface area contributed by atoms with Crippen molar-refractivity contribution in [2.45, 2.75) is 5.75 Å². The van der Waals surface area contributed by atoms with E-state index in [0.717, 1.165) is 5.56 Å². The number of carbonyl (C=O) groups excluding carboxylic acids is 1. The van der Waals surface area contributed by atoms with Gasteiger partial charge in [-0.1, -0.05) is 60.8 Å². The van der Waals surface area contributed by atoms with Crippen molar-refractivity contribution < 1.29 is 9.90 Å². The molecule has 2 aromatic rings. The third-order valence-electron chi connectivity index (χ3n) is 2.88. The molecule has 0 fully saturated rings. The van der Waals surface area contributed by atoms with Gasteiger partial charge in [0.15, 0.2) is 10.9 Å². The second kappa shape index (κ2) is 6.95. The smallest absolute Gasteiger partial charge is 0.291 e. The Morgan fingerprint density at radius 2 is 2.00 bits per heavy atom. The number of nitrogens with zero attached hydrogens (tertiary/aromatic N) is 1. The number of fused-ring (bicyclic) bond motifs is 1. The number of hydrogen-bond donors (Lipinski definition) is 2. The van der Waals surface area contributed by atoms with E-state index < -0.39 is 11.7 Å². The Kier molecular flexibility index (Phi) is 5.00. The van der Waals surface area contributed by atoms with Crippen LogP contribution in [0.3, 0.4) is 0 Å². The topological polar surface area (TPSA) is 61.7 Å². The van der Waals surface area contributed by atoms with Crippen LogP contribution in [0.2, 0.25) is 0 Å². The van der Waals surface area contributed by atoms with E-state index in [9.17, 15) is 4.79 Å². The van der Waals surface area contributed by atoms with Gasteiger partial charge in [-0.05, 0) is 16.3 Å². The largest absolute Gasteiger partial charge is 0.503 e. The monoisotopic (exact) mass is 300 g/mol. The molecule has 0 aliphatic heterocycles. The third-order valence-corrected chi connectivity index (χ3v) is 3.91. The normalized spacial score (nSPS) is 11.4. The van der Waals surface area contributed by atoms with Crippen LogP contribution in [-0.4, -0.2) is 23.2 Å². The van der Waals surface area contributed by atoms with E-state index in [-0.39, 0.29) is 0 Å². The summed E-state index contributed by atoms with van der Waals surface area (Å²) in [5, 5.41) is 14.3. The van der Waals surface area contributed by atoms with Crippen LogP contribution in [0.5, 0.6) is 0 Å². The molecule has 0 radical (unpaired) electrons. The van der Waals surface area contributed by atoms with Crippen LogP contribution in [0.25, 0.3) is 10.8 Å². The standard InChI is InChI=1S/C16H16N2O2S/c1-11(19)15(20)18-16(17-2)21-10-12-7-8-13-5-3-4-6-14(13)9-12/h3-9,19H,1,10H2,2H3,(H,17,18,20). The van der Waals surface area contributed by atoms with Gasteiger partial charge in [0.25, 0.3) is 5.91 Å². The van der Waals surface area contributed by atoms with Gasteiger partial charge in [-0.2, -0.15) is 0 Å². The minimum Gasteiger partial charge on any atom is -0.503 e. The zero-order valence-electron chi connectivity index (χ0n) is 11.7. The Morgan fingerprint density at radius 3 is 2.67 bits per heavy atom. The zero-order valence-corrected chi connectivity index (χ0v) is 12.5. The van der Waals surface area contributed by atoms with E-state index in [1.807, 2.05) is 12.1 Å². The lowest BCUT2D eigenvalue weighted by atomic mass is 10.1. The van der Waals surface area contributed by atoms with E-state index >= 15 is 0 Å². The third kappa shape index (κ3) is 4.10. The molecule has 0 aliphatic rings. The summed E-state index contributed by atoms with van der Waals surface area (Å²) < 4.78 is 0. The second-order valence-electron chi connectivity index (χ2n) is 4.40. The number of carbonyl (C=O) groups is 1. The molecule has 0 atom stereocenters. The highest BCUT2D eigenvalue weighted by Gasteiger charge is 2.09. The average molecular weight is 300 g/mol. The van der Waals surface area contributed by atoms with Gasteiger partial charge < -0.3 is 5.11 Å². The van der Waals surface area contributed by atoms with Crippen molar-refractivity contribution in [1.82, 2.24) is 5.32 Å². The van der Waals surface area contributed by atoms with E-state index in [4.69, 9.17) is 5.11 Å². The molecule has 2 aromatic carbocycles. The maximum atomic E-state index is 11.3. The van der Waals surface area contributed by atoms with Crippen molar-refractivity contribution in [2.24, 2.45) is 4.99 Å². The molecule has 0 saturated carbocycles. The van der Waals surface area contributed by atoms with Crippen molar-refractivity contribution in [2.75, 3.05) is 7.05 Å². The number of aliphatic hydroxyl groups excluding tert-OH is 1. The minimum atomic E-state index is -0.637. The fourth-order valence-electron chi connectivity index (χ4n) is 1.81. The number of aliphatic imine (C=N–C) groups is 1. The molecule has 4 nitrogen and oxygen atoms in total. The first kappa shape index (κ1) is 15.1. The van der Waals surface area contributed by atoms with E-state index in [1.165, 1.54) is 22.5 Å². The lowest BCUT2D eigenvalue weighted by Crippen LogP contribution is -2.29. The lowest BCUT2D eigenvalue weighted by molar-refractivity contribution is -0.118. The molecule has 0 saturated heterocycles. The predicted molar refractivity (Wildman–Crippen MR) is 88.5 cm³/mol. The molecule has 0 bridgehead atoms. The highest BCUT2D eigenvalue weighted by atomic mass is 32.2. The Labute approximate surface area is 127 Å². The van der Waals surface area contributed by atoms with Gasteiger partial charge in [-0.25, -0.2) is 0 Å². The molecule has 0 unspecified atom stereocenters. The SMILES string of the molecule is C=C(O)C(=O)NC(=NC)SCc1ccc2ccccc2c1. The van der Waals surface area contributed by atoms with Gasteiger partial charge in [-0.15, -0.1) is 0 Å². The highest BCUT2D eigenvalue weighted by molar-refractivity contribution is 8.13. The highest BCUT2D eigenvalue weighted by Crippen LogP contribution is 2.19. The molecule has 1 amide bonds. The molecule has 108 valence electrons. The van der Waals surface area contributed by atoms with Gasteiger partial charge in [0.1, 0.15) is 0 Å². The molecule has 2 rings (SSSR count). The molecule has 0 aromatic heterocycles. The number of nitrogens with one attached hydrogen (secondary N) is 1. The van der Waals surface area contributed by atoms with Crippen molar-refractivity contribution in [3.05, 3.63) is 60.4 Å². The van der Waals surface area contributed by atoms with Gasteiger partial charge in [0, 0.05) is 12.8 Å². The maximum absolute atomic E-state index is 11.3. The van der Waals surface area contributed by atoms with Gasteiger partial charge in [0.2, 0.25) is 0 Å². The number of amidine groups is 1. The Balaban J connectivity index is 2.03. The summed E-state index contributed by atoms with van der Waals surface area (Å²) in [6.07, 6.45) is 0. The summed E-state index contributed by atoms with van der Waals surface area (Å²) in [5.74, 6) is -0.487. The summed E-state index contributed by atoms with van der Waals surface area (Å²) in [6.45, 7) is 3.17. The van der Waals surface area contributed by atoms with Crippen molar-refractivity contribution in [3.63, 3.8) is 0 Å². The fraction of sp³-hybridized carbons (Fsp3) is 0.125. The second-order valence-corrected chi connectivity index (χ2v) is 5.36. The van der Waals surface area contributed by atoms with E-state index in [0.29, 0.717) is 10.9 Å². The molecular weight excluding hydrogens is 284 g/mol. The number of aliphatic hydroxyl groups is 1. The molecule has 21 heavy (non-hydrogen) atoms. The molecule has 5 heteroatoms. The van der Waals surface area contributed by atoms with Crippen LogP contribution in [-0.2, 0) is 10.5 Å². The van der Waals surface area contributed by atoms with E-state index in [2.05, 4.69) is 47.2 Å². The lowest BCUT2D eigenvalue weighted by Gasteiger charge is -2.07. The number of benzene rings is 2. The Bertz CT molecular complexity index is 710. The summed E-state index contributed by atoms with van der Waals surface area (Å²) in [7, 11) is 1.59. The van der Waals surface area contributed by atoms with Crippen LogP contribution >= 0.6 is 11.8 Å². The number of amides is 1. The van der Waals surface area contributed by atoms with Crippen LogP contribution in [0.15, 0.2) is 59.8 Å². The molecule has 0 spiro atoms. The van der Waals surface area contributed by atoms with Crippen LogP contribution in [0.4, 0.5) is 0 Å². The Morgan fingerprint density at radius 1 is 1.29 bits per heavy atom. The van der Waals surface area contributed by atoms with Gasteiger partial charge in [-0.3, -0.25) is 15.1 Å². The first-order chi connectivity index (χ1) is 10.1. The first-order valence-electron chi connectivity index (χ1n) is 6.36. The Hall–Kier alpha value is -2.27. The van der Waals surface area contributed by atoms with Gasteiger partial charge in [0.05, 0.1) is 0 Å². The van der Waals surface area contributed by atoms with Crippen LogP contribution in [0, 0.1) is 0 Å². The van der Waals surface area contributed by atoms with Gasteiger partial charge >= 0.3 is 0 Å². The van der Waals surface area contributed by atoms with Crippen molar-refractivity contribution in [3.8, 4) is 0 Å². The maximum Gasteiger partial charge on any atom is 0.291 e. The summed E-state index contributed by atoms with van der Waals surface area (Å²) in [4.78, 5) is 15.3. The summed E-state index contributed by atoms with van der Waals surface area (Å²) in [5.41, 5.74) is 1.14. The molecule has 0 aliphatic carbocycles. The number of hydrogen-bond acceptors (Lipinski definition) is 4. The summed E-state index contributed by atoms with van der Waals surface area (Å²) >= 11 is 1.39. The van der Waals surface area contributed by atoms with Crippen LogP contribution in [0.1, 0.15) is 5.56 Å². The first-order valence-corrected chi connectivity index (χ1v) is 7.35.